The van der Waals surface area contributed by atoms with Gasteiger partial charge in [-0.15, -0.1) is 0 Å². The highest BCUT2D eigenvalue weighted by Crippen LogP contribution is 2.40. The lowest BCUT2D eigenvalue weighted by Gasteiger charge is -2.29. The van der Waals surface area contributed by atoms with Crippen molar-refractivity contribution in [2.45, 2.75) is 19.9 Å². The summed E-state index contributed by atoms with van der Waals surface area (Å²) in [5.41, 5.74) is 2.49. The Kier molecular flexibility index (Phi) is 5.98. The van der Waals surface area contributed by atoms with Gasteiger partial charge >= 0.3 is 0 Å². The molecule has 0 aliphatic carbocycles. The van der Waals surface area contributed by atoms with E-state index in [1.54, 1.807) is 31.0 Å². The van der Waals surface area contributed by atoms with E-state index in [0.29, 0.717) is 46.8 Å². The molecule has 32 heavy (non-hydrogen) atoms. The van der Waals surface area contributed by atoms with Crippen LogP contribution in [0.5, 0.6) is 17.2 Å². The number of nitrogens with zero attached hydrogens (tertiary/aromatic N) is 3. The highest BCUT2D eigenvalue weighted by atomic mass is 16.5. The van der Waals surface area contributed by atoms with Gasteiger partial charge in [0.05, 0.1) is 32.1 Å². The van der Waals surface area contributed by atoms with Gasteiger partial charge in [0.1, 0.15) is 29.6 Å². The molecule has 2 aromatic carbocycles. The first-order chi connectivity index (χ1) is 15.6. The summed E-state index contributed by atoms with van der Waals surface area (Å²) in [5.74, 6) is 2.08. The van der Waals surface area contributed by atoms with Crippen LogP contribution >= 0.6 is 0 Å². The molecule has 0 saturated heterocycles. The average Bonchev–Trinajstić information content (AvgIpc) is 3.27. The van der Waals surface area contributed by atoms with Crippen LogP contribution in [0.15, 0.2) is 60.1 Å². The molecule has 1 unspecified atom stereocenters. The van der Waals surface area contributed by atoms with Crippen molar-refractivity contribution in [3.8, 4) is 17.2 Å². The Bertz CT molecular complexity index is 1170. The van der Waals surface area contributed by atoms with E-state index in [2.05, 4.69) is 20.7 Å². The minimum Gasteiger partial charge on any atom is -0.497 e. The van der Waals surface area contributed by atoms with Crippen molar-refractivity contribution >= 4 is 17.5 Å². The molecule has 9 nitrogen and oxygen atoms in total. The van der Waals surface area contributed by atoms with Gasteiger partial charge in [0, 0.05) is 17.3 Å². The number of fused-ring (bicyclic) bond motifs is 1. The molecule has 0 fully saturated rings. The number of hydrogen-bond donors (Lipinski definition) is 2. The van der Waals surface area contributed by atoms with Crippen LogP contribution in [0.4, 0.5) is 11.6 Å². The summed E-state index contributed by atoms with van der Waals surface area (Å²) in [4.78, 5) is 17.9. The van der Waals surface area contributed by atoms with Gasteiger partial charge in [-0.05, 0) is 38.1 Å². The zero-order chi connectivity index (χ0) is 22.7. The summed E-state index contributed by atoms with van der Waals surface area (Å²) in [6.45, 7) is 4.23. The molecule has 0 spiro atoms. The third-order valence-corrected chi connectivity index (χ3v) is 5.21. The van der Waals surface area contributed by atoms with Crippen molar-refractivity contribution in [3.05, 3.63) is 65.6 Å². The Morgan fingerprint density at radius 1 is 1.16 bits per heavy atom. The number of nitrogens with one attached hydrogen (secondary N) is 2. The van der Waals surface area contributed by atoms with Gasteiger partial charge in [0.25, 0.3) is 5.91 Å². The normalized spacial score (nSPS) is 14.9. The molecule has 166 valence electrons. The highest BCUT2D eigenvalue weighted by molar-refractivity contribution is 6.06. The fraction of sp³-hybridized carbons (Fsp3) is 0.261. The van der Waals surface area contributed by atoms with E-state index in [1.807, 2.05) is 44.2 Å². The summed E-state index contributed by atoms with van der Waals surface area (Å²) in [7, 11) is 3.17. The molecule has 1 aliphatic rings. The summed E-state index contributed by atoms with van der Waals surface area (Å²) >= 11 is 0. The lowest BCUT2D eigenvalue weighted by Crippen LogP contribution is -2.31. The number of ether oxygens (including phenoxy) is 3. The maximum Gasteiger partial charge on any atom is 0.255 e. The van der Waals surface area contributed by atoms with Crippen LogP contribution in [0.25, 0.3) is 0 Å². The number of carbonyl (C=O) groups is 1. The molecule has 0 bridgehead atoms. The fourth-order valence-corrected chi connectivity index (χ4v) is 3.76. The van der Waals surface area contributed by atoms with E-state index in [-0.39, 0.29) is 5.91 Å². The summed E-state index contributed by atoms with van der Waals surface area (Å²) in [6.07, 6.45) is 1.45. The fourth-order valence-electron chi connectivity index (χ4n) is 3.76. The van der Waals surface area contributed by atoms with E-state index < -0.39 is 6.04 Å². The van der Waals surface area contributed by atoms with E-state index in [4.69, 9.17) is 14.2 Å². The van der Waals surface area contributed by atoms with Gasteiger partial charge in [-0.1, -0.05) is 12.1 Å². The Labute approximate surface area is 186 Å². The third kappa shape index (κ3) is 3.84. The molecular formula is C23H25N5O4. The predicted molar refractivity (Wildman–Crippen MR) is 120 cm³/mol. The first-order valence-electron chi connectivity index (χ1n) is 10.2. The minimum absolute atomic E-state index is 0.286. The highest BCUT2D eigenvalue weighted by Gasteiger charge is 2.35. The van der Waals surface area contributed by atoms with Crippen molar-refractivity contribution < 1.29 is 19.0 Å². The van der Waals surface area contributed by atoms with Gasteiger partial charge in [0.15, 0.2) is 0 Å². The van der Waals surface area contributed by atoms with Crippen LogP contribution in [0.1, 0.15) is 25.5 Å². The van der Waals surface area contributed by atoms with Crippen LogP contribution in [-0.2, 0) is 4.79 Å². The molecule has 1 amide bonds. The predicted octanol–water partition coefficient (Wildman–Crippen LogP) is 3.62. The number of rotatable bonds is 7. The number of anilines is 2. The summed E-state index contributed by atoms with van der Waals surface area (Å²) in [6, 6.07) is 12.2. The van der Waals surface area contributed by atoms with Crippen molar-refractivity contribution in [2.24, 2.45) is 0 Å². The molecule has 1 aliphatic heterocycles. The zero-order valence-corrected chi connectivity index (χ0v) is 18.4. The van der Waals surface area contributed by atoms with Crippen molar-refractivity contribution in [3.63, 3.8) is 0 Å². The molecular weight excluding hydrogens is 410 g/mol. The van der Waals surface area contributed by atoms with E-state index >= 15 is 0 Å². The second-order valence-electron chi connectivity index (χ2n) is 7.09. The molecule has 2 heterocycles. The van der Waals surface area contributed by atoms with Crippen molar-refractivity contribution in [1.82, 2.24) is 14.8 Å². The second kappa shape index (κ2) is 9.01. The van der Waals surface area contributed by atoms with Gasteiger partial charge < -0.3 is 24.8 Å². The molecule has 1 atom stereocenters. The summed E-state index contributed by atoms with van der Waals surface area (Å²) in [5, 5.41) is 10.5. The number of amides is 1. The van der Waals surface area contributed by atoms with Gasteiger partial charge in [-0.25, -0.2) is 4.68 Å². The Morgan fingerprint density at radius 2 is 1.97 bits per heavy atom. The van der Waals surface area contributed by atoms with Crippen LogP contribution in [-0.4, -0.2) is 41.5 Å². The van der Waals surface area contributed by atoms with Crippen LogP contribution < -0.4 is 24.8 Å². The smallest absolute Gasteiger partial charge is 0.255 e. The van der Waals surface area contributed by atoms with Gasteiger partial charge in [-0.3, -0.25) is 4.79 Å². The number of para-hydroxylation sites is 2. The SMILES string of the molecule is CCOc1ccccc1NC(=O)C1=C(C)Nc2ncnn2C1c1ccc(OC)cc1OC. The van der Waals surface area contributed by atoms with E-state index in [9.17, 15) is 4.79 Å². The van der Waals surface area contributed by atoms with E-state index in [0.717, 1.165) is 5.56 Å². The van der Waals surface area contributed by atoms with E-state index in [1.165, 1.54) is 6.33 Å². The van der Waals surface area contributed by atoms with Crippen LogP contribution in [0.3, 0.4) is 0 Å². The molecule has 9 heteroatoms. The maximum absolute atomic E-state index is 13.6. The lowest BCUT2D eigenvalue weighted by atomic mass is 9.94. The topological polar surface area (TPSA) is 99.5 Å². The molecule has 2 N–H and O–H groups in total. The second-order valence-corrected chi connectivity index (χ2v) is 7.09. The number of allylic oxidation sites excluding steroid dienone is 1. The molecule has 0 radical (unpaired) electrons. The van der Waals surface area contributed by atoms with Gasteiger partial charge in [-0.2, -0.15) is 10.1 Å². The lowest BCUT2D eigenvalue weighted by molar-refractivity contribution is -0.113. The first-order valence-corrected chi connectivity index (χ1v) is 10.2. The number of methoxy groups -OCH3 is 2. The Balaban J connectivity index is 1.79. The third-order valence-electron chi connectivity index (χ3n) is 5.21. The monoisotopic (exact) mass is 435 g/mol. The maximum atomic E-state index is 13.6. The van der Waals surface area contributed by atoms with Gasteiger partial charge in [0.2, 0.25) is 5.95 Å². The number of hydrogen-bond acceptors (Lipinski definition) is 7. The average molecular weight is 435 g/mol. The molecule has 0 saturated carbocycles. The quantitative estimate of drug-likeness (QED) is 0.585. The number of benzene rings is 2. The van der Waals surface area contributed by atoms with Crippen molar-refractivity contribution in [2.75, 3.05) is 31.5 Å². The summed E-state index contributed by atoms with van der Waals surface area (Å²) < 4.78 is 18.3. The molecule has 1 aromatic heterocycles. The largest absolute Gasteiger partial charge is 0.497 e. The molecule has 3 aromatic rings. The Hall–Kier alpha value is -4.01. The standard InChI is InChI=1S/C23H25N5O4/c1-5-32-18-9-7-6-8-17(18)27-22(29)20-14(2)26-23-24-13-25-28(23)21(20)16-11-10-15(30-3)12-19(16)31-4/h6-13,21H,5H2,1-4H3,(H,27,29)(H,24,25,26). The van der Waals surface area contributed by atoms with Crippen LogP contribution in [0, 0.1) is 0 Å². The number of aromatic nitrogens is 3. The Morgan fingerprint density at radius 3 is 2.72 bits per heavy atom. The minimum atomic E-state index is -0.561. The molecule has 4 rings (SSSR count). The van der Waals surface area contributed by atoms with Crippen molar-refractivity contribution in [1.29, 1.82) is 0 Å². The zero-order valence-electron chi connectivity index (χ0n) is 18.4. The number of carbonyl (C=O) groups excluding carboxylic acids is 1. The first kappa shape index (κ1) is 21.2. The van der Waals surface area contributed by atoms with Crippen LogP contribution in [0.2, 0.25) is 0 Å².